The third-order valence-corrected chi connectivity index (χ3v) is 3.41. The molecule has 0 aromatic carbocycles. The van der Waals surface area contributed by atoms with Crippen molar-refractivity contribution in [2.24, 2.45) is 23.5 Å². The molecule has 0 saturated heterocycles. The van der Waals surface area contributed by atoms with E-state index < -0.39 is 0 Å². The predicted molar refractivity (Wildman–Crippen MR) is 62.4 cm³/mol. The van der Waals surface area contributed by atoms with Crippen molar-refractivity contribution in [2.45, 2.75) is 39.5 Å². The zero-order valence-electron chi connectivity index (χ0n) is 9.96. The molecular weight excluding hydrogens is 188 g/mol. The minimum Gasteiger partial charge on any atom is -0.369 e. The van der Waals surface area contributed by atoms with Crippen LogP contribution >= 0.6 is 0 Å². The third kappa shape index (κ3) is 4.65. The van der Waals surface area contributed by atoms with Gasteiger partial charge in [0.25, 0.3) is 0 Å². The summed E-state index contributed by atoms with van der Waals surface area (Å²) in [5.41, 5.74) is 5.20. The molecule has 1 aliphatic rings. The minimum atomic E-state index is -0.209. The van der Waals surface area contributed by atoms with E-state index in [9.17, 15) is 4.79 Å². The van der Waals surface area contributed by atoms with E-state index in [1.54, 1.807) is 0 Å². The number of nitrogens with two attached hydrogens (primary N) is 1. The van der Waals surface area contributed by atoms with Crippen LogP contribution in [0.3, 0.4) is 0 Å². The van der Waals surface area contributed by atoms with Crippen LogP contribution in [0.5, 0.6) is 0 Å². The Kier molecular flexibility index (Phi) is 5.09. The van der Waals surface area contributed by atoms with Gasteiger partial charge in [-0.05, 0) is 31.2 Å². The summed E-state index contributed by atoms with van der Waals surface area (Å²) in [6.07, 6.45) is 5.41. The summed E-state index contributed by atoms with van der Waals surface area (Å²) in [4.78, 5) is 10.8. The van der Waals surface area contributed by atoms with Gasteiger partial charge in [-0.2, -0.15) is 0 Å². The van der Waals surface area contributed by atoms with E-state index in [1.165, 1.54) is 25.7 Å². The standard InChI is InChI=1S/C12H24N2O/c1-9-4-3-5-11(6-9)8-14-7-10(2)12(13)15/h9-11,14H,3-8H2,1-2H3,(H2,13,15). The van der Waals surface area contributed by atoms with Crippen LogP contribution in [0.2, 0.25) is 0 Å². The maximum Gasteiger partial charge on any atom is 0.221 e. The average Bonchev–Trinajstić information content (AvgIpc) is 2.17. The highest BCUT2D eigenvalue weighted by atomic mass is 16.1. The molecule has 0 aliphatic heterocycles. The predicted octanol–water partition coefficient (Wildman–Crippen LogP) is 1.52. The van der Waals surface area contributed by atoms with Crippen molar-refractivity contribution in [3.8, 4) is 0 Å². The molecule has 0 spiro atoms. The SMILES string of the molecule is CC1CCCC(CNCC(C)C(N)=O)C1. The smallest absolute Gasteiger partial charge is 0.221 e. The fraction of sp³-hybridized carbons (Fsp3) is 0.917. The topological polar surface area (TPSA) is 55.1 Å². The van der Waals surface area contributed by atoms with Gasteiger partial charge in [0.15, 0.2) is 0 Å². The molecule has 0 radical (unpaired) electrons. The van der Waals surface area contributed by atoms with Gasteiger partial charge in [-0.3, -0.25) is 4.79 Å². The van der Waals surface area contributed by atoms with Gasteiger partial charge < -0.3 is 11.1 Å². The summed E-state index contributed by atoms with van der Waals surface area (Å²) in [6, 6.07) is 0. The fourth-order valence-corrected chi connectivity index (χ4v) is 2.35. The van der Waals surface area contributed by atoms with Crippen molar-refractivity contribution in [1.29, 1.82) is 0 Å². The fourth-order valence-electron chi connectivity index (χ4n) is 2.35. The number of carbonyl (C=O) groups is 1. The molecule has 3 unspecified atom stereocenters. The number of rotatable bonds is 5. The van der Waals surface area contributed by atoms with Gasteiger partial charge in [-0.1, -0.05) is 26.7 Å². The zero-order valence-corrected chi connectivity index (χ0v) is 9.96. The van der Waals surface area contributed by atoms with E-state index in [0.29, 0.717) is 0 Å². The van der Waals surface area contributed by atoms with E-state index in [0.717, 1.165) is 24.9 Å². The van der Waals surface area contributed by atoms with Gasteiger partial charge in [-0.15, -0.1) is 0 Å². The van der Waals surface area contributed by atoms with Crippen LogP contribution in [-0.4, -0.2) is 19.0 Å². The summed E-state index contributed by atoms with van der Waals surface area (Å²) < 4.78 is 0. The largest absolute Gasteiger partial charge is 0.369 e. The first-order valence-corrected chi connectivity index (χ1v) is 6.09. The second-order valence-corrected chi connectivity index (χ2v) is 5.10. The quantitative estimate of drug-likeness (QED) is 0.726. The number of carbonyl (C=O) groups excluding carboxylic acids is 1. The highest BCUT2D eigenvalue weighted by Crippen LogP contribution is 2.27. The number of hydrogen-bond donors (Lipinski definition) is 2. The molecule has 1 aliphatic carbocycles. The van der Waals surface area contributed by atoms with Gasteiger partial charge in [0, 0.05) is 12.5 Å². The van der Waals surface area contributed by atoms with Crippen LogP contribution in [0.4, 0.5) is 0 Å². The molecule has 15 heavy (non-hydrogen) atoms. The van der Waals surface area contributed by atoms with Gasteiger partial charge >= 0.3 is 0 Å². The van der Waals surface area contributed by atoms with Crippen molar-refractivity contribution < 1.29 is 4.79 Å². The van der Waals surface area contributed by atoms with Crippen LogP contribution < -0.4 is 11.1 Å². The molecule has 3 atom stereocenters. The molecule has 0 heterocycles. The van der Waals surface area contributed by atoms with Crippen LogP contribution in [0, 0.1) is 17.8 Å². The molecule has 1 fully saturated rings. The van der Waals surface area contributed by atoms with Crippen molar-refractivity contribution in [2.75, 3.05) is 13.1 Å². The Bertz CT molecular complexity index is 206. The molecule has 3 heteroatoms. The van der Waals surface area contributed by atoms with E-state index in [4.69, 9.17) is 5.73 Å². The van der Waals surface area contributed by atoms with Gasteiger partial charge in [0.05, 0.1) is 0 Å². The first kappa shape index (κ1) is 12.5. The van der Waals surface area contributed by atoms with Gasteiger partial charge in [0.2, 0.25) is 5.91 Å². The normalized spacial score (nSPS) is 28.7. The number of nitrogens with one attached hydrogen (secondary N) is 1. The molecule has 1 amide bonds. The summed E-state index contributed by atoms with van der Waals surface area (Å²) in [7, 11) is 0. The Hall–Kier alpha value is -0.570. The number of hydrogen-bond acceptors (Lipinski definition) is 2. The average molecular weight is 212 g/mol. The minimum absolute atomic E-state index is 0.0500. The Labute approximate surface area is 92.8 Å². The molecule has 1 rings (SSSR count). The summed E-state index contributed by atoms with van der Waals surface area (Å²) >= 11 is 0. The molecule has 88 valence electrons. The van der Waals surface area contributed by atoms with Crippen molar-refractivity contribution in [3.63, 3.8) is 0 Å². The number of amides is 1. The van der Waals surface area contributed by atoms with E-state index in [1.807, 2.05) is 6.92 Å². The summed E-state index contributed by atoms with van der Waals surface area (Å²) in [5.74, 6) is 1.42. The van der Waals surface area contributed by atoms with Gasteiger partial charge in [-0.25, -0.2) is 0 Å². The Morgan fingerprint density at radius 1 is 1.53 bits per heavy atom. The summed E-state index contributed by atoms with van der Waals surface area (Å²) in [5, 5.41) is 3.36. The number of primary amides is 1. The van der Waals surface area contributed by atoms with Crippen LogP contribution in [0.1, 0.15) is 39.5 Å². The lowest BCUT2D eigenvalue weighted by molar-refractivity contribution is -0.121. The van der Waals surface area contributed by atoms with Crippen molar-refractivity contribution in [1.82, 2.24) is 5.32 Å². The van der Waals surface area contributed by atoms with Crippen LogP contribution in [0.25, 0.3) is 0 Å². The lowest BCUT2D eigenvalue weighted by Gasteiger charge is -2.27. The van der Waals surface area contributed by atoms with Crippen molar-refractivity contribution in [3.05, 3.63) is 0 Å². The highest BCUT2D eigenvalue weighted by Gasteiger charge is 2.18. The Balaban J connectivity index is 2.11. The summed E-state index contributed by atoms with van der Waals surface area (Å²) in [6.45, 7) is 5.97. The maximum absolute atomic E-state index is 10.8. The van der Waals surface area contributed by atoms with E-state index in [2.05, 4.69) is 12.2 Å². The highest BCUT2D eigenvalue weighted by molar-refractivity contribution is 5.76. The third-order valence-electron chi connectivity index (χ3n) is 3.41. The molecule has 3 nitrogen and oxygen atoms in total. The molecule has 0 bridgehead atoms. The Morgan fingerprint density at radius 2 is 2.27 bits per heavy atom. The van der Waals surface area contributed by atoms with Crippen LogP contribution in [0.15, 0.2) is 0 Å². The molecular formula is C12H24N2O. The van der Waals surface area contributed by atoms with Gasteiger partial charge in [0.1, 0.15) is 0 Å². The zero-order chi connectivity index (χ0) is 11.3. The molecule has 3 N–H and O–H groups in total. The second kappa shape index (κ2) is 6.11. The first-order valence-electron chi connectivity index (χ1n) is 6.09. The molecule has 1 saturated carbocycles. The lowest BCUT2D eigenvalue weighted by atomic mass is 9.82. The molecule has 0 aromatic rings. The van der Waals surface area contributed by atoms with Crippen molar-refractivity contribution >= 4 is 5.91 Å². The van der Waals surface area contributed by atoms with E-state index in [-0.39, 0.29) is 11.8 Å². The monoisotopic (exact) mass is 212 g/mol. The van der Waals surface area contributed by atoms with E-state index >= 15 is 0 Å². The Morgan fingerprint density at radius 3 is 2.87 bits per heavy atom. The van der Waals surface area contributed by atoms with Crippen LogP contribution in [-0.2, 0) is 4.79 Å². The second-order valence-electron chi connectivity index (χ2n) is 5.10. The lowest BCUT2D eigenvalue weighted by Crippen LogP contribution is -2.34. The molecule has 0 aromatic heterocycles. The first-order chi connectivity index (χ1) is 7.09. The maximum atomic E-state index is 10.8.